The highest BCUT2D eigenvalue weighted by Crippen LogP contribution is 2.39. The molecule has 0 aliphatic rings. The zero-order valence-corrected chi connectivity index (χ0v) is 14.9. The number of nitrogens with two attached hydrogens (primary N) is 2. The van der Waals surface area contributed by atoms with Crippen molar-refractivity contribution in [3.8, 4) is 34.6 Å². The van der Waals surface area contributed by atoms with Crippen LogP contribution in [0.2, 0.25) is 0 Å². The Kier molecular flexibility index (Phi) is 4.83. The summed E-state index contributed by atoms with van der Waals surface area (Å²) in [5.74, 6) is 2.54. The Morgan fingerprint density at radius 3 is 2.23 bits per heavy atom. The van der Waals surface area contributed by atoms with Crippen LogP contribution in [-0.2, 0) is 0 Å². The van der Waals surface area contributed by atoms with Crippen LogP contribution in [0.4, 0.5) is 11.6 Å². The number of methoxy groups -OCH3 is 2. The maximum atomic E-state index is 6.22. The molecule has 2 aromatic heterocycles. The third-order valence-electron chi connectivity index (χ3n) is 3.81. The zero-order chi connectivity index (χ0) is 18.7. The summed E-state index contributed by atoms with van der Waals surface area (Å²) in [6.07, 6.45) is 0. The molecule has 0 radical (unpaired) electrons. The van der Waals surface area contributed by atoms with E-state index in [4.69, 9.17) is 25.7 Å². The molecule has 0 aliphatic carbocycles. The smallest absolute Gasteiger partial charge is 0.213 e. The van der Waals surface area contributed by atoms with Crippen LogP contribution in [0.3, 0.4) is 0 Å². The molecule has 3 rings (SSSR count). The van der Waals surface area contributed by atoms with Gasteiger partial charge in [0, 0.05) is 6.07 Å². The van der Waals surface area contributed by atoms with Crippen LogP contribution in [-0.4, -0.2) is 35.4 Å². The largest absolute Gasteiger partial charge is 0.494 e. The number of imidazole rings is 1. The SMILES string of the molecule is CCOc1cccc(-c2nc(N)c(N)n2-c2c(OC)cccc2OC)n1. The van der Waals surface area contributed by atoms with Crippen LogP contribution in [0.15, 0.2) is 36.4 Å². The molecule has 0 fully saturated rings. The van der Waals surface area contributed by atoms with Gasteiger partial charge < -0.3 is 25.7 Å². The van der Waals surface area contributed by atoms with Crippen molar-refractivity contribution in [2.24, 2.45) is 0 Å². The summed E-state index contributed by atoms with van der Waals surface area (Å²) in [6, 6.07) is 10.9. The van der Waals surface area contributed by atoms with Crippen molar-refractivity contribution >= 4 is 11.6 Å². The van der Waals surface area contributed by atoms with E-state index in [0.29, 0.717) is 41.2 Å². The lowest BCUT2D eigenvalue weighted by Crippen LogP contribution is -2.07. The van der Waals surface area contributed by atoms with Gasteiger partial charge in [0.2, 0.25) is 5.88 Å². The number of nitrogens with zero attached hydrogens (tertiary/aromatic N) is 3. The maximum absolute atomic E-state index is 6.22. The molecular weight excluding hydrogens is 334 g/mol. The highest BCUT2D eigenvalue weighted by molar-refractivity contribution is 5.73. The fourth-order valence-electron chi connectivity index (χ4n) is 2.67. The van der Waals surface area contributed by atoms with E-state index in [1.807, 2.05) is 25.1 Å². The summed E-state index contributed by atoms with van der Waals surface area (Å²) in [7, 11) is 3.14. The number of aromatic nitrogens is 3. The Bertz CT molecular complexity index is 901. The van der Waals surface area contributed by atoms with Gasteiger partial charge in [-0.1, -0.05) is 12.1 Å². The lowest BCUT2D eigenvalue weighted by atomic mass is 10.2. The second-order valence-electron chi connectivity index (χ2n) is 5.35. The Labute approximate surface area is 151 Å². The van der Waals surface area contributed by atoms with Crippen LogP contribution in [0.5, 0.6) is 17.4 Å². The Balaban J connectivity index is 2.27. The molecule has 2 heterocycles. The number of benzene rings is 1. The number of rotatable bonds is 6. The highest BCUT2D eigenvalue weighted by atomic mass is 16.5. The molecule has 8 nitrogen and oxygen atoms in total. The van der Waals surface area contributed by atoms with Gasteiger partial charge in [-0.15, -0.1) is 0 Å². The molecule has 0 amide bonds. The summed E-state index contributed by atoms with van der Waals surface area (Å²) in [5.41, 5.74) is 13.4. The van der Waals surface area contributed by atoms with Crippen LogP contribution >= 0.6 is 0 Å². The molecule has 0 unspecified atom stereocenters. The van der Waals surface area contributed by atoms with E-state index in [1.54, 1.807) is 37.0 Å². The molecule has 3 aromatic rings. The minimum atomic E-state index is 0.191. The minimum Gasteiger partial charge on any atom is -0.494 e. The number of anilines is 2. The normalized spacial score (nSPS) is 10.6. The van der Waals surface area contributed by atoms with Gasteiger partial charge in [0.15, 0.2) is 17.5 Å². The number of hydrogen-bond donors (Lipinski definition) is 2. The first-order chi connectivity index (χ1) is 12.6. The summed E-state index contributed by atoms with van der Waals surface area (Å²) in [5, 5.41) is 0. The maximum Gasteiger partial charge on any atom is 0.213 e. The fourth-order valence-corrected chi connectivity index (χ4v) is 2.67. The average molecular weight is 355 g/mol. The molecule has 136 valence electrons. The van der Waals surface area contributed by atoms with Gasteiger partial charge >= 0.3 is 0 Å². The topological polar surface area (TPSA) is 110 Å². The molecule has 0 bridgehead atoms. The number of hydrogen-bond acceptors (Lipinski definition) is 7. The van der Waals surface area contributed by atoms with Crippen molar-refractivity contribution in [2.45, 2.75) is 6.92 Å². The van der Waals surface area contributed by atoms with Gasteiger partial charge in [-0.2, -0.15) is 0 Å². The zero-order valence-electron chi connectivity index (χ0n) is 14.9. The quantitative estimate of drug-likeness (QED) is 0.699. The second-order valence-corrected chi connectivity index (χ2v) is 5.35. The highest BCUT2D eigenvalue weighted by Gasteiger charge is 2.23. The Morgan fingerprint density at radius 1 is 0.962 bits per heavy atom. The second kappa shape index (κ2) is 7.22. The molecule has 0 aliphatic heterocycles. The van der Waals surface area contributed by atoms with Gasteiger partial charge in [0.1, 0.15) is 22.9 Å². The van der Waals surface area contributed by atoms with Gasteiger partial charge in [-0.3, -0.25) is 4.57 Å². The standard InChI is InChI=1S/C18H21N5O3/c1-4-26-14-10-5-7-11(21-14)18-22-16(19)17(20)23(18)15-12(24-2)8-6-9-13(15)25-3/h5-10H,4,19-20H2,1-3H3. The molecule has 0 saturated heterocycles. The number of ether oxygens (including phenoxy) is 3. The molecule has 0 atom stereocenters. The van der Waals surface area contributed by atoms with Crippen molar-refractivity contribution in [3.05, 3.63) is 36.4 Å². The third kappa shape index (κ3) is 2.97. The number of nitrogen functional groups attached to an aromatic ring is 2. The van der Waals surface area contributed by atoms with Crippen molar-refractivity contribution in [2.75, 3.05) is 32.3 Å². The number of pyridine rings is 1. The molecule has 0 saturated carbocycles. The van der Waals surface area contributed by atoms with Crippen LogP contribution < -0.4 is 25.7 Å². The molecule has 4 N–H and O–H groups in total. The minimum absolute atomic E-state index is 0.191. The van der Waals surface area contributed by atoms with E-state index in [9.17, 15) is 0 Å². The van der Waals surface area contributed by atoms with E-state index in [2.05, 4.69) is 9.97 Å². The fraction of sp³-hybridized carbons (Fsp3) is 0.222. The molecular formula is C18H21N5O3. The molecule has 8 heteroatoms. The van der Waals surface area contributed by atoms with Crippen molar-refractivity contribution < 1.29 is 14.2 Å². The van der Waals surface area contributed by atoms with Crippen molar-refractivity contribution in [1.82, 2.24) is 14.5 Å². The van der Waals surface area contributed by atoms with Gasteiger partial charge in [0.05, 0.1) is 20.8 Å². The molecule has 0 spiro atoms. The van der Waals surface area contributed by atoms with Gasteiger partial charge in [-0.05, 0) is 25.1 Å². The van der Waals surface area contributed by atoms with Crippen LogP contribution in [0, 0.1) is 0 Å². The summed E-state index contributed by atoms with van der Waals surface area (Å²) in [6.45, 7) is 2.40. The monoisotopic (exact) mass is 355 g/mol. The first-order valence-electron chi connectivity index (χ1n) is 8.06. The van der Waals surface area contributed by atoms with E-state index in [0.717, 1.165) is 0 Å². The van der Waals surface area contributed by atoms with Crippen molar-refractivity contribution in [1.29, 1.82) is 0 Å². The average Bonchev–Trinajstić information content (AvgIpc) is 2.96. The lowest BCUT2D eigenvalue weighted by molar-refractivity contribution is 0.327. The summed E-state index contributed by atoms with van der Waals surface area (Å²) < 4.78 is 18.1. The third-order valence-corrected chi connectivity index (χ3v) is 3.81. The van der Waals surface area contributed by atoms with Gasteiger partial charge in [0.25, 0.3) is 0 Å². The first kappa shape index (κ1) is 17.4. The van der Waals surface area contributed by atoms with E-state index in [-0.39, 0.29) is 11.6 Å². The molecule has 26 heavy (non-hydrogen) atoms. The first-order valence-corrected chi connectivity index (χ1v) is 8.06. The number of para-hydroxylation sites is 1. The predicted octanol–water partition coefficient (Wildman–Crippen LogP) is 2.51. The summed E-state index contributed by atoms with van der Waals surface area (Å²) in [4.78, 5) is 8.88. The lowest BCUT2D eigenvalue weighted by Gasteiger charge is -2.17. The van der Waals surface area contributed by atoms with Crippen LogP contribution in [0.25, 0.3) is 17.2 Å². The van der Waals surface area contributed by atoms with E-state index >= 15 is 0 Å². The van der Waals surface area contributed by atoms with E-state index in [1.165, 1.54) is 0 Å². The van der Waals surface area contributed by atoms with Gasteiger partial charge in [-0.25, -0.2) is 9.97 Å². The summed E-state index contributed by atoms with van der Waals surface area (Å²) >= 11 is 0. The van der Waals surface area contributed by atoms with E-state index < -0.39 is 0 Å². The van der Waals surface area contributed by atoms with Crippen LogP contribution in [0.1, 0.15) is 6.92 Å². The Hall–Kier alpha value is -3.42. The predicted molar refractivity (Wildman–Crippen MR) is 99.9 cm³/mol. The molecule has 1 aromatic carbocycles. The Morgan fingerprint density at radius 2 is 1.62 bits per heavy atom. The van der Waals surface area contributed by atoms with Crippen molar-refractivity contribution in [3.63, 3.8) is 0 Å².